The number of aromatic nitrogens is 1. The molecule has 3 N–H and O–H groups in total. The van der Waals surface area contributed by atoms with Crippen LogP contribution in [0.4, 0.5) is 10.5 Å². The lowest BCUT2D eigenvalue weighted by Crippen LogP contribution is -2.54. The number of likely N-dealkylation sites (tertiary alicyclic amines) is 1. The number of carbonyl (C=O) groups is 1. The summed E-state index contributed by atoms with van der Waals surface area (Å²) < 4.78 is 5.83. The Morgan fingerprint density at radius 3 is 3.07 bits per heavy atom. The van der Waals surface area contributed by atoms with Gasteiger partial charge in [-0.2, -0.15) is 5.26 Å². The van der Waals surface area contributed by atoms with E-state index in [4.69, 9.17) is 10.5 Å². The minimum absolute atomic E-state index is 0.0416. The summed E-state index contributed by atoms with van der Waals surface area (Å²) in [4.78, 5) is 19.5. The summed E-state index contributed by atoms with van der Waals surface area (Å²) in [6.07, 6.45) is 1.18. The molecule has 29 heavy (non-hydrogen) atoms. The van der Waals surface area contributed by atoms with Crippen LogP contribution in [0.2, 0.25) is 0 Å². The van der Waals surface area contributed by atoms with Crippen LogP contribution in [0.5, 0.6) is 0 Å². The van der Waals surface area contributed by atoms with Crippen LogP contribution in [-0.2, 0) is 11.3 Å². The number of hydrogen-bond donors (Lipinski definition) is 2. The van der Waals surface area contributed by atoms with Crippen molar-refractivity contribution in [3.05, 3.63) is 47.3 Å². The number of ether oxygens (including phenoxy) is 1. The maximum atomic E-state index is 11.6. The van der Waals surface area contributed by atoms with Crippen LogP contribution in [0.15, 0.2) is 30.5 Å². The lowest BCUT2D eigenvalue weighted by Gasteiger charge is -2.39. The minimum Gasteiger partial charge on any atom is -0.465 e. The molecular weight excluding hydrogens is 370 g/mol. The minimum atomic E-state index is -0.890. The second-order valence-electron chi connectivity index (χ2n) is 7.77. The van der Waals surface area contributed by atoms with Crippen molar-refractivity contribution in [2.24, 2.45) is 5.73 Å². The van der Waals surface area contributed by atoms with E-state index in [2.05, 4.69) is 22.0 Å². The number of amides is 1. The molecular formula is C21H21N5O3. The zero-order valence-electron chi connectivity index (χ0n) is 15.8. The molecule has 4 heterocycles. The number of anilines is 1. The van der Waals surface area contributed by atoms with Crippen LogP contribution in [0.1, 0.15) is 29.2 Å². The van der Waals surface area contributed by atoms with Crippen LogP contribution >= 0.6 is 0 Å². The molecule has 1 aromatic carbocycles. The molecule has 3 aliphatic rings. The highest BCUT2D eigenvalue weighted by Crippen LogP contribution is 2.49. The number of nitriles is 1. The van der Waals surface area contributed by atoms with Crippen LogP contribution < -0.4 is 10.6 Å². The highest BCUT2D eigenvalue weighted by atomic mass is 16.5. The Morgan fingerprint density at radius 1 is 1.41 bits per heavy atom. The predicted molar refractivity (Wildman–Crippen MR) is 105 cm³/mol. The lowest BCUT2D eigenvalue weighted by molar-refractivity contribution is 0.105. The Morgan fingerprint density at radius 2 is 2.28 bits per heavy atom. The van der Waals surface area contributed by atoms with Crippen molar-refractivity contribution in [3.63, 3.8) is 0 Å². The molecule has 1 unspecified atom stereocenters. The first-order valence-corrected chi connectivity index (χ1v) is 9.70. The van der Waals surface area contributed by atoms with Gasteiger partial charge in [0, 0.05) is 48.1 Å². The smallest absolute Gasteiger partial charge is 0.407 e. The number of benzene rings is 1. The molecule has 1 amide bonds. The molecule has 0 spiro atoms. The van der Waals surface area contributed by atoms with Gasteiger partial charge in [0.15, 0.2) is 0 Å². The first kappa shape index (κ1) is 17.9. The molecule has 3 aliphatic heterocycles. The summed E-state index contributed by atoms with van der Waals surface area (Å²) in [5.41, 5.74) is 11.7. The Kier molecular flexibility index (Phi) is 4.15. The third-order valence-corrected chi connectivity index (χ3v) is 6.21. The average Bonchev–Trinajstić information content (AvgIpc) is 2.97. The number of rotatable bonds is 1. The van der Waals surface area contributed by atoms with Crippen LogP contribution in [0, 0.1) is 11.3 Å². The number of fused-ring (bicyclic) bond motifs is 3. The van der Waals surface area contributed by atoms with E-state index in [1.165, 1.54) is 4.90 Å². The first-order chi connectivity index (χ1) is 14.1. The van der Waals surface area contributed by atoms with Crippen molar-refractivity contribution >= 4 is 11.8 Å². The fourth-order valence-corrected chi connectivity index (χ4v) is 5.01. The van der Waals surface area contributed by atoms with Crippen LogP contribution in [0.3, 0.4) is 0 Å². The van der Waals surface area contributed by atoms with Gasteiger partial charge in [0.2, 0.25) is 0 Å². The summed E-state index contributed by atoms with van der Waals surface area (Å²) >= 11 is 0. The van der Waals surface area contributed by atoms with Crippen molar-refractivity contribution in [3.8, 4) is 17.2 Å². The molecule has 1 fully saturated rings. The zero-order chi connectivity index (χ0) is 20.1. The molecule has 0 bridgehead atoms. The molecule has 0 radical (unpaired) electrons. The van der Waals surface area contributed by atoms with Gasteiger partial charge in [-0.3, -0.25) is 0 Å². The maximum absolute atomic E-state index is 11.6. The normalized spacial score (nSPS) is 25.0. The highest BCUT2D eigenvalue weighted by Gasteiger charge is 2.46. The number of carboxylic acid groups (broad SMARTS) is 1. The second-order valence-corrected chi connectivity index (χ2v) is 7.77. The molecule has 0 aliphatic carbocycles. The van der Waals surface area contributed by atoms with E-state index in [-0.39, 0.29) is 18.1 Å². The molecule has 8 heteroatoms. The van der Waals surface area contributed by atoms with Crippen molar-refractivity contribution < 1.29 is 14.6 Å². The van der Waals surface area contributed by atoms with Crippen molar-refractivity contribution in [2.75, 3.05) is 24.6 Å². The summed E-state index contributed by atoms with van der Waals surface area (Å²) in [5.74, 6) is 0.0416. The monoisotopic (exact) mass is 391 g/mol. The third kappa shape index (κ3) is 2.74. The average molecular weight is 391 g/mol. The van der Waals surface area contributed by atoms with Crippen molar-refractivity contribution in [1.29, 1.82) is 5.26 Å². The second kappa shape index (κ2) is 6.72. The molecule has 0 saturated carbocycles. The fraction of sp³-hybridized carbons (Fsp3) is 0.381. The van der Waals surface area contributed by atoms with E-state index in [1.807, 2.05) is 18.2 Å². The Hall–Kier alpha value is -3.15. The van der Waals surface area contributed by atoms with E-state index in [0.717, 1.165) is 34.4 Å². The Labute approximate surface area is 168 Å². The van der Waals surface area contributed by atoms with Gasteiger partial charge in [-0.05, 0) is 41.8 Å². The van der Waals surface area contributed by atoms with Gasteiger partial charge >= 0.3 is 6.09 Å². The Bertz CT molecular complexity index is 1030. The topological polar surface area (TPSA) is 116 Å². The molecule has 1 saturated heterocycles. The Balaban J connectivity index is 1.69. The van der Waals surface area contributed by atoms with Gasteiger partial charge < -0.3 is 25.4 Å². The van der Waals surface area contributed by atoms with E-state index in [0.29, 0.717) is 32.0 Å². The van der Waals surface area contributed by atoms with Gasteiger partial charge in [0.05, 0.1) is 13.2 Å². The maximum Gasteiger partial charge on any atom is 0.407 e. The summed E-state index contributed by atoms with van der Waals surface area (Å²) in [5, 5.41) is 19.0. The third-order valence-electron chi connectivity index (χ3n) is 6.21. The number of nitrogens with zero attached hydrogens (tertiary/aromatic N) is 4. The standard InChI is InChI=1S/C21H21N5O3/c22-8-17-14(2-1-4-24-17)12-6-13-10-29-11-19(23)26-18-3-5-25(21(27)28)9-16(18)15(7-12)20(13)26/h1-2,4,6-7,16,18-19H,3,5,9-11,23H2,(H,27,28)/t16-,18-,19?/m0/s1. The lowest BCUT2D eigenvalue weighted by atomic mass is 9.87. The SMILES string of the molecule is N#Cc1ncccc1-c1cc2c3c(c1)[C@@H]1CN(C(=O)O)CC[C@@H]1N3C(N)COC2. The molecule has 2 aromatic rings. The number of pyridine rings is 1. The molecule has 148 valence electrons. The van der Waals surface area contributed by atoms with Gasteiger partial charge in [0.25, 0.3) is 0 Å². The largest absolute Gasteiger partial charge is 0.465 e. The van der Waals surface area contributed by atoms with Gasteiger partial charge in [0.1, 0.15) is 17.9 Å². The van der Waals surface area contributed by atoms with Crippen LogP contribution in [-0.4, -0.2) is 53.0 Å². The van der Waals surface area contributed by atoms with Gasteiger partial charge in [-0.1, -0.05) is 0 Å². The zero-order valence-corrected chi connectivity index (χ0v) is 15.8. The first-order valence-electron chi connectivity index (χ1n) is 9.70. The van der Waals surface area contributed by atoms with E-state index < -0.39 is 6.09 Å². The number of hydrogen-bond acceptors (Lipinski definition) is 6. The van der Waals surface area contributed by atoms with E-state index in [9.17, 15) is 15.2 Å². The molecule has 1 aromatic heterocycles. The quantitative estimate of drug-likeness (QED) is 0.765. The van der Waals surface area contributed by atoms with Crippen molar-refractivity contribution in [1.82, 2.24) is 9.88 Å². The van der Waals surface area contributed by atoms with Crippen molar-refractivity contribution in [2.45, 2.75) is 31.2 Å². The molecule has 3 atom stereocenters. The fourth-order valence-electron chi connectivity index (χ4n) is 5.01. The summed E-state index contributed by atoms with van der Waals surface area (Å²) in [7, 11) is 0. The van der Waals surface area contributed by atoms with E-state index in [1.54, 1.807) is 6.20 Å². The summed E-state index contributed by atoms with van der Waals surface area (Å²) in [6.45, 7) is 1.80. The summed E-state index contributed by atoms with van der Waals surface area (Å²) in [6, 6.07) is 10.1. The predicted octanol–water partition coefficient (Wildman–Crippen LogP) is 2.09. The van der Waals surface area contributed by atoms with Crippen LogP contribution in [0.25, 0.3) is 11.1 Å². The van der Waals surface area contributed by atoms with Gasteiger partial charge in [-0.25, -0.2) is 9.78 Å². The van der Waals surface area contributed by atoms with Gasteiger partial charge in [-0.15, -0.1) is 0 Å². The number of piperidine rings is 1. The van der Waals surface area contributed by atoms with E-state index >= 15 is 0 Å². The molecule has 5 rings (SSSR count). The molecule has 8 nitrogen and oxygen atoms in total. The highest BCUT2D eigenvalue weighted by molar-refractivity contribution is 5.78. The number of nitrogens with two attached hydrogens (primary N) is 1.